The molecular formula is C10H22BO13P3. The maximum atomic E-state index is 11.8. The van der Waals surface area contributed by atoms with Gasteiger partial charge in [0.1, 0.15) is 14.0 Å². The van der Waals surface area contributed by atoms with Gasteiger partial charge < -0.3 is 33.8 Å². The van der Waals surface area contributed by atoms with Crippen molar-refractivity contribution in [2.24, 2.45) is 0 Å². The van der Waals surface area contributed by atoms with Crippen LogP contribution >= 0.6 is 23.5 Å². The topological polar surface area (TPSA) is 188 Å². The fraction of sp³-hybridized carbons (Fsp3) is 1.00. The van der Waals surface area contributed by atoms with Gasteiger partial charge in [-0.25, -0.2) is 13.7 Å². The van der Waals surface area contributed by atoms with Crippen LogP contribution in [0.3, 0.4) is 0 Å². The molecule has 27 heavy (non-hydrogen) atoms. The first kappa shape index (κ1) is 23.6. The molecule has 0 saturated carbocycles. The van der Waals surface area contributed by atoms with Crippen LogP contribution in [0.5, 0.6) is 0 Å². The van der Waals surface area contributed by atoms with Crippen LogP contribution in [0.15, 0.2) is 0 Å². The van der Waals surface area contributed by atoms with Gasteiger partial charge in [0.15, 0.2) is 6.29 Å². The van der Waals surface area contributed by atoms with Gasteiger partial charge in [0.05, 0.1) is 12.7 Å². The zero-order valence-electron chi connectivity index (χ0n) is 14.4. The Balaban J connectivity index is 1.89. The molecule has 0 aromatic rings. The number of ether oxygens (including phenoxy) is 3. The van der Waals surface area contributed by atoms with E-state index in [1.807, 2.05) is 0 Å². The van der Waals surface area contributed by atoms with Crippen molar-refractivity contribution in [2.45, 2.75) is 50.2 Å². The molecular weight excluding hydrogens is 432 g/mol. The van der Waals surface area contributed by atoms with Gasteiger partial charge in [-0.15, -0.1) is 0 Å². The lowest BCUT2D eigenvalue weighted by atomic mass is 9.96. The summed E-state index contributed by atoms with van der Waals surface area (Å²) in [5.74, 6) is 0. The molecule has 0 radical (unpaired) electrons. The van der Waals surface area contributed by atoms with E-state index >= 15 is 0 Å². The fourth-order valence-corrected chi connectivity index (χ4v) is 5.72. The number of phosphoric acid groups is 3. The van der Waals surface area contributed by atoms with E-state index in [0.717, 1.165) is 12.8 Å². The first-order chi connectivity index (χ1) is 12.4. The van der Waals surface area contributed by atoms with Crippen molar-refractivity contribution < 1.29 is 60.6 Å². The van der Waals surface area contributed by atoms with Crippen LogP contribution in [-0.2, 0) is 41.1 Å². The molecule has 13 nitrogen and oxygen atoms in total. The van der Waals surface area contributed by atoms with Crippen LogP contribution in [0.2, 0.25) is 0 Å². The average Bonchev–Trinajstić information content (AvgIpc) is 2.82. The van der Waals surface area contributed by atoms with Crippen LogP contribution in [0.1, 0.15) is 25.7 Å². The maximum Gasteiger partial charge on any atom is 0.490 e. The molecule has 2 rings (SSSR count). The van der Waals surface area contributed by atoms with E-state index in [1.54, 1.807) is 7.85 Å². The third-order valence-corrected chi connectivity index (χ3v) is 7.47. The third kappa shape index (κ3) is 8.71. The number of hydrogen-bond donors (Lipinski definition) is 4. The number of phosphoric ester groups is 1. The molecule has 0 aromatic carbocycles. The first-order valence-corrected chi connectivity index (χ1v) is 12.6. The molecule has 2 aliphatic heterocycles. The zero-order chi connectivity index (χ0) is 20.3. The van der Waals surface area contributed by atoms with Crippen molar-refractivity contribution >= 4 is 31.3 Å². The highest BCUT2D eigenvalue weighted by Crippen LogP contribution is 2.66. The molecule has 6 atom stereocenters. The molecule has 158 valence electrons. The average molecular weight is 454 g/mol. The highest BCUT2D eigenvalue weighted by Gasteiger charge is 2.43. The SMILES string of the molecule is BC1CC(OC2CCCCO2)C(COP(=O)(O)OP(=O)(O)OP(=O)(O)O)O1. The van der Waals surface area contributed by atoms with E-state index in [-0.39, 0.29) is 6.00 Å². The Morgan fingerprint density at radius 2 is 1.74 bits per heavy atom. The van der Waals surface area contributed by atoms with Gasteiger partial charge in [-0.2, -0.15) is 8.62 Å². The van der Waals surface area contributed by atoms with Crippen LogP contribution in [0.4, 0.5) is 0 Å². The third-order valence-electron chi connectivity index (χ3n) is 3.67. The highest BCUT2D eigenvalue weighted by molar-refractivity contribution is 7.66. The van der Waals surface area contributed by atoms with Crippen molar-refractivity contribution in [3.8, 4) is 0 Å². The lowest BCUT2D eigenvalue weighted by Gasteiger charge is -2.28. The van der Waals surface area contributed by atoms with E-state index < -0.39 is 48.6 Å². The Morgan fingerprint density at radius 3 is 2.33 bits per heavy atom. The van der Waals surface area contributed by atoms with Crippen molar-refractivity contribution in [1.82, 2.24) is 0 Å². The standard InChI is InChI=1S/C10H22BO13P3/c11-9-5-7(22-10-3-1-2-4-19-10)8(21-9)6-20-26(15,16)24-27(17,18)23-25(12,13)14/h7-10H,1-6,11H2,(H,15,16)(H,17,18)(H2,12,13,14). The van der Waals surface area contributed by atoms with E-state index in [0.29, 0.717) is 19.4 Å². The van der Waals surface area contributed by atoms with Gasteiger partial charge in [-0.05, 0) is 25.7 Å². The van der Waals surface area contributed by atoms with Gasteiger partial charge in [0.25, 0.3) is 0 Å². The van der Waals surface area contributed by atoms with Crippen LogP contribution in [-0.4, -0.2) is 65.1 Å². The van der Waals surface area contributed by atoms with Crippen LogP contribution < -0.4 is 0 Å². The summed E-state index contributed by atoms with van der Waals surface area (Å²) in [5, 5.41) is 0. The molecule has 2 saturated heterocycles. The minimum Gasteiger partial charge on any atom is -0.379 e. The minimum atomic E-state index is -5.55. The minimum absolute atomic E-state index is 0.229. The van der Waals surface area contributed by atoms with Crippen LogP contribution in [0, 0.1) is 0 Å². The van der Waals surface area contributed by atoms with Crippen molar-refractivity contribution in [2.75, 3.05) is 13.2 Å². The smallest absolute Gasteiger partial charge is 0.379 e. The molecule has 6 unspecified atom stereocenters. The van der Waals surface area contributed by atoms with E-state index in [4.69, 9.17) is 28.9 Å². The van der Waals surface area contributed by atoms with E-state index in [9.17, 15) is 18.6 Å². The molecule has 2 fully saturated rings. The molecule has 4 N–H and O–H groups in total. The van der Waals surface area contributed by atoms with Gasteiger partial charge in [-0.3, -0.25) is 4.52 Å². The molecule has 17 heteroatoms. The molecule has 0 aliphatic carbocycles. The molecule has 0 amide bonds. The molecule has 2 aliphatic rings. The second-order valence-corrected chi connectivity index (χ2v) is 10.5. The molecule has 2 heterocycles. The summed E-state index contributed by atoms with van der Waals surface area (Å²) in [7, 11) is -14.4. The molecule has 0 bridgehead atoms. The summed E-state index contributed by atoms with van der Waals surface area (Å²) >= 11 is 0. The zero-order valence-corrected chi connectivity index (χ0v) is 17.0. The largest absolute Gasteiger partial charge is 0.490 e. The summed E-state index contributed by atoms with van der Waals surface area (Å²) in [5.41, 5.74) is 0. The van der Waals surface area contributed by atoms with E-state index in [2.05, 4.69) is 13.1 Å². The summed E-state index contributed by atoms with van der Waals surface area (Å²) in [6, 6.07) is -0.229. The fourth-order valence-electron chi connectivity index (χ4n) is 2.69. The van der Waals surface area contributed by atoms with Crippen molar-refractivity contribution in [1.29, 1.82) is 0 Å². The number of rotatable bonds is 9. The van der Waals surface area contributed by atoms with Gasteiger partial charge in [0.2, 0.25) is 0 Å². The van der Waals surface area contributed by atoms with Gasteiger partial charge in [-0.1, -0.05) is 0 Å². The van der Waals surface area contributed by atoms with Gasteiger partial charge in [0, 0.05) is 12.6 Å². The van der Waals surface area contributed by atoms with Gasteiger partial charge >= 0.3 is 23.5 Å². The first-order valence-electron chi connectivity index (χ1n) is 8.06. The van der Waals surface area contributed by atoms with Crippen LogP contribution in [0.25, 0.3) is 0 Å². The maximum absolute atomic E-state index is 11.8. The Labute approximate surface area is 156 Å². The van der Waals surface area contributed by atoms with E-state index in [1.165, 1.54) is 0 Å². The summed E-state index contributed by atoms with van der Waals surface area (Å²) < 4.78 is 62.4. The predicted octanol–water partition coefficient (Wildman–Crippen LogP) is -0.0104. The number of hydrogen-bond acceptors (Lipinski definition) is 9. The summed E-state index contributed by atoms with van der Waals surface area (Å²) in [6.07, 6.45) is 1.35. The normalized spacial score (nSPS) is 34.1. The molecule has 0 spiro atoms. The van der Waals surface area contributed by atoms with Crippen molar-refractivity contribution in [3.63, 3.8) is 0 Å². The highest BCUT2D eigenvalue weighted by atomic mass is 31.3. The monoisotopic (exact) mass is 454 g/mol. The quantitative estimate of drug-likeness (QED) is 0.269. The molecule has 0 aromatic heterocycles. The summed E-state index contributed by atoms with van der Waals surface area (Å²) in [6.45, 7) is 0.0332. The second-order valence-electron chi connectivity index (χ2n) is 6.08. The predicted molar refractivity (Wildman–Crippen MR) is 90.1 cm³/mol. The summed E-state index contributed by atoms with van der Waals surface area (Å²) in [4.78, 5) is 35.6. The Bertz CT molecular complexity index is 634. The Morgan fingerprint density at radius 1 is 1.04 bits per heavy atom. The Kier molecular flexibility index (Phi) is 8.27. The second kappa shape index (κ2) is 9.44. The van der Waals surface area contributed by atoms with Crippen molar-refractivity contribution in [3.05, 3.63) is 0 Å². The lowest BCUT2D eigenvalue weighted by molar-refractivity contribution is -0.198. The Hall–Kier alpha value is 0.355. The lowest BCUT2D eigenvalue weighted by Crippen LogP contribution is -2.35.